The van der Waals surface area contributed by atoms with Crippen LogP contribution in [0.1, 0.15) is 96.8 Å². The smallest absolute Gasteiger partial charge is 0.128 e. The highest BCUT2D eigenvalue weighted by Gasteiger charge is 2.30. The SMILES string of the molecule is CCCCCC1CCC(C2CCC(CC/C(F)=C/F)CC2)CC1. The standard InChI is InChI=1S/C21H36F2/c1-2-3-4-5-17-6-11-19(12-7-17)20-13-8-18(9-14-20)10-15-21(23)16-22/h16-20H,2-15H2,1H3/b21-16-. The zero-order valence-electron chi connectivity index (χ0n) is 15.0. The maximum absolute atomic E-state index is 12.9. The van der Waals surface area contributed by atoms with Gasteiger partial charge in [0.15, 0.2) is 0 Å². The number of allylic oxidation sites excluding steroid dienone is 1. The molecule has 0 aromatic rings. The Labute approximate surface area is 142 Å². The first-order valence-electron chi connectivity index (χ1n) is 10.2. The highest BCUT2D eigenvalue weighted by atomic mass is 19.2. The van der Waals surface area contributed by atoms with E-state index in [0.717, 1.165) is 24.2 Å². The Morgan fingerprint density at radius 2 is 1.35 bits per heavy atom. The first kappa shape index (κ1) is 18.9. The number of halogens is 2. The molecule has 2 heteroatoms. The predicted octanol–water partition coefficient (Wildman–Crippen LogP) is 7.74. The molecular weight excluding hydrogens is 290 g/mol. The lowest BCUT2D eigenvalue weighted by Crippen LogP contribution is -2.25. The molecule has 0 heterocycles. The van der Waals surface area contributed by atoms with Crippen LogP contribution in [0.2, 0.25) is 0 Å². The van der Waals surface area contributed by atoms with Crippen LogP contribution in [0.15, 0.2) is 12.2 Å². The van der Waals surface area contributed by atoms with E-state index < -0.39 is 5.83 Å². The van der Waals surface area contributed by atoms with Gasteiger partial charge >= 0.3 is 0 Å². The molecule has 0 radical (unpaired) electrons. The Bertz CT molecular complexity index is 334. The minimum absolute atomic E-state index is 0.130. The topological polar surface area (TPSA) is 0 Å². The second-order valence-corrected chi connectivity index (χ2v) is 8.15. The van der Waals surface area contributed by atoms with Crippen molar-refractivity contribution in [2.75, 3.05) is 0 Å². The van der Waals surface area contributed by atoms with Gasteiger partial charge in [0.05, 0.1) is 0 Å². The molecule has 2 fully saturated rings. The third kappa shape index (κ3) is 6.55. The lowest BCUT2D eigenvalue weighted by molar-refractivity contribution is 0.140. The van der Waals surface area contributed by atoms with E-state index in [1.165, 1.54) is 77.0 Å². The molecule has 2 aliphatic rings. The highest BCUT2D eigenvalue weighted by molar-refractivity contribution is 4.87. The number of hydrogen-bond acceptors (Lipinski definition) is 0. The van der Waals surface area contributed by atoms with Crippen LogP contribution in [-0.4, -0.2) is 0 Å². The van der Waals surface area contributed by atoms with Crippen molar-refractivity contribution in [3.8, 4) is 0 Å². The van der Waals surface area contributed by atoms with Gasteiger partial charge in [-0.25, -0.2) is 8.78 Å². The van der Waals surface area contributed by atoms with E-state index in [-0.39, 0.29) is 6.33 Å². The van der Waals surface area contributed by atoms with Crippen molar-refractivity contribution in [1.82, 2.24) is 0 Å². The van der Waals surface area contributed by atoms with E-state index >= 15 is 0 Å². The number of rotatable bonds is 8. The molecule has 0 bridgehead atoms. The van der Waals surface area contributed by atoms with Gasteiger partial charge in [-0.15, -0.1) is 0 Å². The van der Waals surface area contributed by atoms with E-state index in [2.05, 4.69) is 6.92 Å². The molecule has 0 N–H and O–H groups in total. The third-order valence-electron chi connectivity index (χ3n) is 6.58. The van der Waals surface area contributed by atoms with Crippen LogP contribution >= 0.6 is 0 Å². The summed E-state index contributed by atoms with van der Waals surface area (Å²) in [7, 11) is 0. The van der Waals surface area contributed by atoms with Crippen molar-refractivity contribution in [2.24, 2.45) is 23.7 Å². The molecule has 0 aromatic heterocycles. The maximum Gasteiger partial charge on any atom is 0.128 e. The summed E-state index contributed by atoms with van der Waals surface area (Å²) in [5, 5.41) is 0. The van der Waals surface area contributed by atoms with Gasteiger partial charge in [-0.1, -0.05) is 58.3 Å². The normalized spacial score (nSPS) is 32.9. The predicted molar refractivity (Wildman–Crippen MR) is 94.6 cm³/mol. The van der Waals surface area contributed by atoms with Crippen molar-refractivity contribution in [1.29, 1.82) is 0 Å². The monoisotopic (exact) mass is 326 g/mol. The van der Waals surface area contributed by atoms with Gasteiger partial charge in [-0.3, -0.25) is 0 Å². The van der Waals surface area contributed by atoms with Crippen molar-refractivity contribution in [3.63, 3.8) is 0 Å². The van der Waals surface area contributed by atoms with Gasteiger partial charge in [-0.2, -0.15) is 0 Å². The Balaban J connectivity index is 1.61. The average molecular weight is 327 g/mol. The zero-order valence-corrected chi connectivity index (χ0v) is 15.0. The molecule has 0 saturated heterocycles. The second kappa shape index (κ2) is 10.5. The minimum Gasteiger partial charge on any atom is -0.213 e. The minimum atomic E-state index is -0.575. The Morgan fingerprint density at radius 1 is 0.826 bits per heavy atom. The van der Waals surface area contributed by atoms with Crippen molar-refractivity contribution >= 4 is 0 Å². The summed E-state index contributed by atoms with van der Waals surface area (Å²) in [5.41, 5.74) is 0. The van der Waals surface area contributed by atoms with Gasteiger partial charge in [0.2, 0.25) is 0 Å². The van der Waals surface area contributed by atoms with E-state index in [1.807, 2.05) is 0 Å². The summed E-state index contributed by atoms with van der Waals surface area (Å²) in [6.07, 6.45) is 17.9. The molecule has 2 rings (SSSR count). The fourth-order valence-corrected chi connectivity index (χ4v) is 4.98. The Hall–Kier alpha value is -0.400. The fourth-order valence-electron chi connectivity index (χ4n) is 4.98. The first-order valence-corrected chi connectivity index (χ1v) is 10.2. The second-order valence-electron chi connectivity index (χ2n) is 8.15. The van der Waals surface area contributed by atoms with Crippen LogP contribution in [-0.2, 0) is 0 Å². The summed E-state index contributed by atoms with van der Waals surface area (Å²) < 4.78 is 24.9. The molecule has 0 unspecified atom stereocenters. The molecule has 0 aromatic carbocycles. The molecule has 0 spiro atoms. The summed E-state index contributed by atoms with van der Waals surface area (Å²) >= 11 is 0. The molecular formula is C21H36F2. The number of hydrogen-bond donors (Lipinski definition) is 0. The fraction of sp³-hybridized carbons (Fsp3) is 0.905. The molecule has 2 aliphatic carbocycles. The van der Waals surface area contributed by atoms with Crippen LogP contribution in [0.3, 0.4) is 0 Å². The first-order chi connectivity index (χ1) is 11.2. The van der Waals surface area contributed by atoms with Gasteiger partial charge in [0, 0.05) is 6.42 Å². The maximum atomic E-state index is 12.9. The summed E-state index contributed by atoms with van der Waals surface area (Å²) in [4.78, 5) is 0. The zero-order chi connectivity index (χ0) is 16.5. The third-order valence-corrected chi connectivity index (χ3v) is 6.58. The van der Waals surface area contributed by atoms with Gasteiger partial charge in [-0.05, 0) is 55.8 Å². The van der Waals surface area contributed by atoms with Crippen LogP contribution < -0.4 is 0 Å². The van der Waals surface area contributed by atoms with Gasteiger partial charge in [0.25, 0.3) is 0 Å². The quantitative estimate of drug-likeness (QED) is 0.400. The lowest BCUT2D eigenvalue weighted by atomic mass is 9.68. The molecule has 23 heavy (non-hydrogen) atoms. The molecule has 134 valence electrons. The number of unbranched alkanes of at least 4 members (excludes halogenated alkanes) is 2. The largest absolute Gasteiger partial charge is 0.213 e. The Kier molecular flexibility index (Phi) is 8.61. The van der Waals surface area contributed by atoms with Gasteiger partial charge in [0.1, 0.15) is 12.2 Å². The lowest BCUT2D eigenvalue weighted by Gasteiger charge is -2.38. The van der Waals surface area contributed by atoms with Crippen LogP contribution in [0.5, 0.6) is 0 Å². The highest BCUT2D eigenvalue weighted by Crippen LogP contribution is 2.43. The van der Waals surface area contributed by atoms with E-state index in [1.54, 1.807) is 0 Å². The summed E-state index contributed by atoms with van der Waals surface area (Å²) in [6.45, 7) is 2.29. The van der Waals surface area contributed by atoms with Crippen LogP contribution in [0.4, 0.5) is 8.78 Å². The van der Waals surface area contributed by atoms with E-state index in [4.69, 9.17) is 0 Å². The average Bonchev–Trinajstić information content (AvgIpc) is 2.61. The molecule has 0 amide bonds. The van der Waals surface area contributed by atoms with Gasteiger partial charge < -0.3 is 0 Å². The van der Waals surface area contributed by atoms with E-state index in [9.17, 15) is 8.78 Å². The molecule has 0 aliphatic heterocycles. The van der Waals surface area contributed by atoms with Crippen LogP contribution in [0, 0.1) is 23.7 Å². The van der Waals surface area contributed by atoms with Crippen molar-refractivity contribution in [3.05, 3.63) is 12.2 Å². The van der Waals surface area contributed by atoms with Crippen LogP contribution in [0.25, 0.3) is 0 Å². The molecule has 0 atom stereocenters. The summed E-state index contributed by atoms with van der Waals surface area (Å²) in [5.74, 6) is 2.94. The molecule has 0 nitrogen and oxygen atoms in total. The van der Waals surface area contributed by atoms with E-state index in [0.29, 0.717) is 12.3 Å². The van der Waals surface area contributed by atoms with Crippen molar-refractivity contribution in [2.45, 2.75) is 96.8 Å². The van der Waals surface area contributed by atoms with Crippen molar-refractivity contribution < 1.29 is 8.78 Å². The Morgan fingerprint density at radius 3 is 1.83 bits per heavy atom. The molecule has 2 saturated carbocycles. The summed E-state index contributed by atoms with van der Waals surface area (Å²) in [6, 6.07) is 0.